The predicted molar refractivity (Wildman–Crippen MR) is 106 cm³/mol. The number of benzene rings is 2. The molecule has 0 spiro atoms. The van der Waals surface area contributed by atoms with Gasteiger partial charge in [-0.25, -0.2) is 9.48 Å². The molecule has 0 aliphatic carbocycles. The summed E-state index contributed by atoms with van der Waals surface area (Å²) in [6.45, 7) is 1.80. The largest absolute Gasteiger partial charge is 0.490 e. The van der Waals surface area contributed by atoms with E-state index in [-0.39, 0.29) is 6.04 Å². The van der Waals surface area contributed by atoms with Gasteiger partial charge in [-0.2, -0.15) is 23.3 Å². The number of halogens is 4. The highest BCUT2D eigenvalue weighted by atomic mass is 35.5. The van der Waals surface area contributed by atoms with E-state index in [4.69, 9.17) is 31.8 Å². The Bertz CT molecular complexity index is 1220. The van der Waals surface area contributed by atoms with Gasteiger partial charge in [0.05, 0.1) is 28.5 Å². The summed E-state index contributed by atoms with van der Waals surface area (Å²) in [4.78, 5) is 13.2. The van der Waals surface area contributed by atoms with E-state index in [0.29, 0.717) is 16.7 Å². The first-order valence-electron chi connectivity index (χ1n) is 8.70. The van der Waals surface area contributed by atoms with Crippen molar-refractivity contribution in [2.24, 2.45) is 5.73 Å². The molecule has 12 heteroatoms. The zero-order chi connectivity index (χ0) is 22.8. The minimum absolute atomic E-state index is 0.285. The zero-order valence-corrected chi connectivity index (χ0v) is 16.6. The maximum absolute atomic E-state index is 10.6. The fourth-order valence-electron chi connectivity index (χ4n) is 2.51. The van der Waals surface area contributed by atoms with Crippen LogP contribution in [0, 0.1) is 0 Å². The lowest BCUT2D eigenvalue weighted by Crippen LogP contribution is -2.21. The average Bonchev–Trinajstić information content (AvgIpc) is 3.35. The molecule has 1 unspecified atom stereocenters. The van der Waals surface area contributed by atoms with Crippen molar-refractivity contribution in [2.45, 2.75) is 19.1 Å². The van der Waals surface area contributed by atoms with Gasteiger partial charge in [-0.05, 0) is 31.2 Å². The molecule has 2 heterocycles. The van der Waals surface area contributed by atoms with E-state index in [0.717, 1.165) is 22.2 Å². The van der Waals surface area contributed by atoms with E-state index in [9.17, 15) is 13.2 Å². The van der Waals surface area contributed by atoms with E-state index < -0.39 is 12.1 Å². The highest BCUT2D eigenvalue weighted by Gasteiger charge is 2.38. The van der Waals surface area contributed by atoms with Crippen LogP contribution in [0.5, 0.6) is 0 Å². The number of carboxylic acids is 1. The Kier molecular flexibility index (Phi) is 6.27. The van der Waals surface area contributed by atoms with Crippen molar-refractivity contribution in [1.29, 1.82) is 0 Å². The number of hydrogen-bond donors (Lipinski definition) is 2. The number of aromatic nitrogens is 4. The Morgan fingerprint density at radius 3 is 2.52 bits per heavy atom. The lowest BCUT2D eigenvalue weighted by atomic mass is 10.2. The number of carboxylic acid groups (broad SMARTS) is 1. The number of nitrogens with two attached hydrogens (primary N) is 1. The van der Waals surface area contributed by atoms with Gasteiger partial charge < -0.3 is 15.4 Å². The van der Waals surface area contributed by atoms with Gasteiger partial charge in [-0.15, -0.1) is 0 Å². The topological polar surface area (TPSA) is 120 Å². The lowest BCUT2D eigenvalue weighted by molar-refractivity contribution is -0.192. The summed E-state index contributed by atoms with van der Waals surface area (Å²) in [7, 11) is 0. The van der Waals surface area contributed by atoms with Crippen LogP contribution >= 0.6 is 11.6 Å². The van der Waals surface area contributed by atoms with Gasteiger partial charge in [0.25, 0.3) is 5.89 Å². The SMILES string of the molecule is CC(N)c1noc(-c2ccc(-n3ncc4ccccc43)c(Cl)c2)n1.O=C(O)C(F)(F)F. The van der Waals surface area contributed by atoms with Crippen molar-refractivity contribution in [3.8, 4) is 17.1 Å². The Balaban J connectivity index is 0.000000339. The minimum Gasteiger partial charge on any atom is -0.475 e. The van der Waals surface area contributed by atoms with Gasteiger partial charge in [0.2, 0.25) is 0 Å². The van der Waals surface area contributed by atoms with Crippen molar-refractivity contribution in [3.05, 3.63) is 59.5 Å². The molecule has 3 N–H and O–H groups in total. The Morgan fingerprint density at radius 2 is 1.94 bits per heavy atom. The maximum Gasteiger partial charge on any atom is 0.490 e. The summed E-state index contributed by atoms with van der Waals surface area (Å²) in [6.07, 6.45) is -3.27. The second-order valence-corrected chi connectivity index (χ2v) is 6.74. The van der Waals surface area contributed by atoms with Crippen LogP contribution < -0.4 is 5.73 Å². The smallest absolute Gasteiger partial charge is 0.475 e. The number of nitrogens with zero attached hydrogens (tertiary/aromatic N) is 4. The molecule has 4 aromatic rings. The highest BCUT2D eigenvalue weighted by Crippen LogP contribution is 2.29. The number of hydrogen-bond acceptors (Lipinski definition) is 6. The Labute approximate surface area is 178 Å². The molecule has 0 saturated heterocycles. The summed E-state index contributed by atoms with van der Waals surface area (Å²) in [5.41, 5.74) is 8.26. The van der Waals surface area contributed by atoms with E-state index >= 15 is 0 Å². The van der Waals surface area contributed by atoms with Crippen molar-refractivity contribution in [3.63, 3.8) is 0 Å². The van der Waals surface area contributed by atoms with E-state index in [1.165, 1.54) is 0 Å². The average molecular weight is 454 g/mol. The van der Waals surface area contributed by atoms with Gasteiger partial charge in [0, 0.05) is 10.9 Å². The van der Waals surface area contributed by atoms with Gasteiger partial charge in [-0.3, -0.25) is 0 Å². The second-order valence-electron chi connectivity index (χ2n) is 6.33. The van der Waals surface area contributed by atoms with Crippen LogP contribution in [0.1, 0.15) is 18.8 Å². The molecule has 31 heavy (non-hydrogen) atoms. The summed E-state index contributed by atoms with van der Waals surface area (Å²) < 4.78 is 38.8. The van der Waals surface area contributed by atoms with Crippen LogP contribution in [0.3, 0.4) is 0 Å². The third-order valence-electron chi connectivity index (χ3n) is 3.99. The Hall–Kier alpha value is -3.44. The molecular weight excluding hydrogens is 439 g/mol. The summed E-state index contributed by atoms with van der Waals surface area (Å²) >= 11 is 6.47. The van der Waals surface area contributed by atoms with E-state index in [2.05, 4.69) is 15.2 Å². The van der Waals surface area contributed by atoms with Crippen LogP contribution in [0.25, 0.3) is 28.0 Å². The first kappa shape index (κ1) is 22.2. The van der Waals surface area contributed by atoms with Gasteiger partial charge in [-0.1, -0.05) is 35.0 Å². The normalized spacial score (nSPS) is 12.3. The molecule has 2 aromatic heterocycles. The first-order chi connectivity index (χ1) is 14.6. The van der Waals surface area contributed by atoms with Gasteiger partial charge in [0.15, 0.2) is 5.82 Å². The first-order valence-corrected chi connectivity index (χ1v) is 9.08. The second kappa shape index (κ2) is 8.74. The molecule has 0 radical (unpaired) electrons. The number of alkyl halides is 3. The highest BCUT2D eigenvalue weighted by molar-refractivity contribution is 6.32. The predicted octanol–water partition coefficient (Wildman–Crippen LogP) is 4.38. The van der Waals surface area contributed by atoms with Crippen LogP contribution in [-0.2, 0) is 4.79 Å². The number of fused-ring (bicyclic) bond motifs is 1. The van der Waals surface area contributed by atoms with E-state index in [1.54, 1.807) is 13.0 Å². The molecule has 0 fully saturated rings. The third kappa shape index (κ3) is 5.01. The number of aliphatic carboxylic acids is 1. The van der Waals surface area contributed by atoms with Crippen molar-refractivity contribution in [1.82, 2.24) is 19.9 Å². The minimum atomic E-state index is -5.08. The Morgan fingerprint density at radius 1 is 1.26 bits per heavy atom. The quantitative estimate of drug-likeness (QED) is 0.472. The van der Waals surface area contributed by atoms with Crippen LogP contribution in [-0.4, -0.2) is 37.2 Å². The molecule has 1 atom stereocenters. The molecule has 0 aliphatic heterocycles. The summed E-state index contributed by atoms with van der Waals surface area (Å²) in [5.74, 6) is -1.91. The summed E-state index contributed by atoms with van der Waals surface area (Å²) in [6, 6.07) is 13.2. The number of rotatable bonds is 3. The van der Waals surface area contributed by atoms with Crippen molar-refractivity contribution < 1.29 is 27.6 Å². The molecule has 0 bridgehead atoms. The van der Waals surface area contributed by atoms with Crippen molar-refractivity contribution in [2.75, 3.05) is 0 Å². The van der Waals surface area contributed by atoms with Crippen LogP contribution in [0.15, 0.2) is 53.2 Å². The molecule has 8 nitrogen and oxygen atoms in total. The van der Waals surface area contributed by atoms with Crippen molar-refractivity contribution >= 4 is 28.5 Å². The molecule has 0 saturated carbocycles. The standard InChI is InChI=1S/C17H14ClN5O.C2HF3O2/c1-10(19)16-21-17(24-22-16)11-6-7-15(13(18)8-11)23-14-5-3-2-4-12(14)9-20-23;3-2(4,5)1(6)7/h2-10H,19H2,1H3;(H,6,7). The third-order valence-corrected chi connectivity index (χ3v) is 4.29. The maximum atomic E-state index is 10.6. The zero-order valence-electron chi connectivity index (χ0n) is 15.8. The van der Waals surface area contributed by atoms with Crippen LogP contribution in [0.2, 0.25) is 5.02 Å². The fourth-order valence-corrected chi connectivity index (χ4v) is 2.77. The number of carbonyl (C=O) groups is 1. The molecule has 0 amide bonds. The van der Waals surface area contributed by atoms with Gasteiger partial charge >= 0.3 is 12.1 Å². The van der Waals surface area contributed by atoms with Gasteiger partial charge in [0.1, 0.15) is 0 Å². The lowest BCUT2D eigenvalue weighted by Gasteiger charge is -2.07. The molecular formula is C19H15ClF3N5O3. The molecule has 162 valence electrons. The van der Waals surface area contributed by atoms with E-state index in [1.807, 2.05) is 47.3 Å². The number of para-hydroxylation sites is 1. The molecule has 4 rings (SSSR count). The summed E-state index contributed by atoms with van der Waals surface area (Å²) in [5, 5.41) is 17.0. The fraction of sp³-hybridized carbons (Fsp3) is 0.158. The van der Waals surface area contributed by atoms with Crippen LogP contribution in [0.4, 0.5) is 13.2 Å². The monoisotopic (exact) mass is 453 g/mol. The molecule has 2 aromatic carbocycles. The molecule has 0 aliphatic rings.